The quantitative estimate of drug-likeness (QED) is 0.640. The first-order valence-electron chi connectivity index (χ1n) is 8.05. The number of esters is 2. The largest absolute Gasteiger partial charge is 0.507 e. The molecule has 0 bridgehead atoms. The number of benzene rings is 2. The lowest BCUT2D eigenvalue weighted by Crippen LogP contribution is -2.16. The Labute approximate surface area is 145 Å². The number of rotatable bonds is 5. The number of hydrogen-bond donors (Lipinski definition) is 2. The molecule has 0 amide bonds. The van der Waals surface area contributed by atoms with Crippen LogP contribution in [0.5, 0.6) is 5.75 Å². The molecule has 0 aliphatic carbocycles. The lowest BCUT2D eigenvalue weighted by molar-refractivity contribution is 0.0204. The number of hydrogen-bond acceptors (Lipinski definition) is 6. The van der Waals surface area contributed by atoms with Gasteiger partial charge in [0.05, 0.1) is 11.7 Å². The molecular weight excluding hydrogens is 322 g/mol. The summed E-state index contributed by atoms with van der Waals surface area (Å²) in [4.78, 5) is 23.9. The summed E-state index contributed by atoms with van der Waals surface area (Å²) in [6.07, 6.45) is 0.351. The molecule has 1 aliphatic heterocycles. The zero-order valence-electron chi connectivity index (χ0n) is 13.8. The van der Waals surface area contributed by atoms with Crippen molar-refractivity contribution in [2.24, 2.45) is 0 Å². The number of aromatic hydroxyl groups is 1. The summed E-state index contributed by atoms with van der Waals surface area (Å²) in [5, 5.41) is 9.78. The molecule has 0 radical (unpaired) electrons. The van der Waals surface area contributed by atoms with Gasteiger partial charge >= 0.3 is 11.9 Å². The van der Waals surface area contributed by atoms with Crippen LogP contribution in [0.4, 0.5) is 5.69 Å². The highest BCUT2D eigenvalue weighted by Crippen LogP contribution is 2.34. The van der Waals surface area contributed by atoms with Crippen LogP contribution in [0.3, 0.4) is 0 Å². The van der Waals surface area contributed by atoms with E-state index in [0.29, 0.717) is 24.1 Å². The number of phenolic OH excluding ortho intramolecular Hbond substituents is 1. The van der Waals surface area contributed by atoms with Gasteiger partial charge in [-0.15, -0.1) is 0 Å². The van der Waals surface area contributed by atoms with Crippen LogP contribution >= 0.6 is 0 Å². The standard InChI is InChI=1S/C19H19NO5/c1-11(24-19(23)15-8-7-12(20)10-16(15)21)6-9-17-13-4-2-3-5-14(13)18(22)25-17/h2-5,7-8,10-11,17,21H,6,9,20H2,1H3. The highest BCUT2D eigenvalue weighted by atomic mass is 16.6. The number of fused-ring (bicyclic) bond motifs is 1. The summed E-state index contributed by atoms with van der Waals surface area (Å²) in [7, 11) is 0. The summed E-state index contributed by atoms with van der Waals surface area (Å²) in [6, 6.07) is 11.5. The van der Waals surface area contributed by atoms with E-state index < -0.39 is 12.1 Å². The first-order valence-corrected chi connectivity index (χ1v) is 8.05. The summed E-state index contributed by atoms with van der Waals surface area (Å²) in [5.74, 6) is -1.15. The third-order valence-corrected chi connectivity index (χ3v) is 4.16. The molecule has 0 fully saturated rings. The summed E-state index contributed by atoms with van der Waals surface area (Å²) in [6.45, 7) is 1.76. The van der Waals surface area contributed by atoms with Crippen LogP contribution in [0, 0.1) is 0 Å². The fourth-order valence-electron chi connectivity index (χ4n) is 2.85. The molecule has 0 aromatic heterocycles. The van der Waals surface area contributed by atoms with E-state index in [9.17, 15) is 14.7 Å². The van der Waals surface area contributed by atoms with Gasteiger partial charge in [-0.2, -0.15) is 0 Å². The molecule has 3 N–H and O–H groups in total. The van der Waals surface area contributed by atoms with Crippen molar-refractivity contribution < 1.29 is 24.2 Å². The monoisotopic (exact) mass is 341 g/mol. The van der Waals surface area contributed by atoms with Crippen LogP contribution in [0.2, 0.25) is 0 Å². The van der Waals surface area contributed by atoms with E-state index in [2.05, 4.69) is 0 Å². The van der Waals surface area contributed by atoms with E-state index in [1.807, 2.05) is 12.1 Å². The summed E-state index contributed by atoms with van der Waals surface area (Å²) >= 11 is 0. The van der Waals surface area contributed by atoms with E-state index in [1.165, 1.54) is 18.2 Å². The fourth-order valence-corrected chi connectivity index (χ4v) is 2.85. The molecule has 2 aromatic carbocycles. The average Bonchev–Trinajstić information content (AvgIpc) is 2.89. The number of nitrogens with two attached hydrogens (primary N) is 1. The highest BCUT2D eigenvalue weighted by molar-refractivity contribution is 5.94. The van der Waals surface area contributed by atoms with Crippen molar-refractivity contribution in [1.29, 1.82) is 0 Å². The van der Waals surface area contributed by atoms with E-state index >= 15 is 0 Å². The number of nitrogen functional groups attached to an aromatic ring is 1. The van der Waals surface area contributed by atoms with E-state index in [0.717, 1.165) is 5.56 Å². The molecule has 2 unspecified atom stereocenters. The van der Waals surface area contributed by atoms with Crippen molar-refractivity contribution in [2.45, 2.75) is 32.0 Å². The Hall–Kier alpha value is -3.02. The van der Waals surface area contributed by atoms with Crippen molar-refractivity contribution in [2.75, 3.05) is 5.73 Å². The van der Waals surface area contributed by atoms with Crippen LogP contribution in [0.1, 0.15) is 52.1 Å². The first-order chi connectivity index (χ1) is 12.0. The maximum absolute atomic E-state index is 12.1. The molecule has 2 aromatic rings. The van der Waals surface area contributed by atoms with Gasteiger partial charge in [-0.25, -0.2) is 9.59 Å². The Morgan fingerprint density at radius 2 is 2.08 bits per heavy atom. The molecule has 25 heavy (non-hydrogen) atoms. The van der Waals surface area contributed by atoms with Gasteiger partial charge in [0.2, 0.25) is 0 Å². The molecule has 3 rings (SSSR count). The van der Waals surface area contributed by atoms with E-state index in [-0.39, 0.29) is 23.4 Å². The predicted octanol–water partition coefficient (Wildman–Crippen LogP) is 3.21. The predicted molar refractivity (Wildman–Crippen MR) is 91.2 cm³/mol. The van der Waals surface area contributed by atoms with Crippen LogP contribution in [0.15, 0.2) is 42.5 Å². The highest BCUT2D eigenvalue weighted by Gasteiger charge is 2.30. The van der Waals surface area contributed by atoms with Gasteiger partial charge < -0.3 is 20.3 Å². The zero-order valence-corrected chi connectivity index (χ0v) is 13.8. The molecule has 1 heterocycles. The first kappa shape index (κ1) is 16.8. The Kier molecular flexibility index (Phi) is 4.61. The van der Waals surface area contributed by atoms with Crippen molar-refractivity contribution in [3.8, 4) is 5.75 Å². The molecular formula is C19H19NO5. The topological polar surface area (TPSA) is 98.9 Å². The smallest absolute Gasteiger partial charge is 0.342 e. The molecule has 0 spiro atoms. The molecule has 0 saturated heterocycles. The zero-order chi connectivity index (χ0) is 18.0. The van der Waals surface area contributed by atoms with Gasteiger partial charge in [0.15, 0.2) is 0 Å². The fraction of sp³-hybridized carbons (Fsp3) is 0.263. The van der Waals surface area contributed by atoms with Gasteiger partial charge in [-0.1, -0.05) is 18.2 Å². The minimum absolute atomic E-state index is 0.0682. The number of carbonyl (C=O) groups is 2. The summed E-state index contributed by atoms with van der Waals surface area (Å²) in [5.41, 5.74) is 7.43. The molecule has 1 aliphatic rings. The maximum Gasteiger partial charge on any atom is 0.342 e. The van der Waals surface area contributed by atoms with Gasteiger partial charge in [0, 0.05) is 17.3 Å². The molecule has 2 atom stereocenters. The minimum Gasteiger partial charge on any atom is -0.507 e. The third kappa shape index (κ3) is 3.57. The Morgan fingerprint density at radius 1 is 1.32 bits per heavy atom. The molecule has 6 nitrogen and oxygen atoms in total. The average molecular weight is 341 g/mol. The van der Waals surface area contributed by atoms with E-state index in [4.69, 9.17) is 15.2 Å². The van der Waals surface area contributed by atoms with Crippen LogP contribution in [0.25, 0.3) is 0 Å². The normalized spacial score (nSPS) is 16.8. The number of anilines is 1. The number of carbonyl (C=O) groups excluding carboxylic acids is 2. The third-order valence-electron chi connectivity index (χ3n) is 4.16. The Balaban J connectivity index is 1.58. The van der Waals surface area contributed by atoms with Gasteiger partial charge in [0.1, 0.15) is 17.4 Å². The summed E-state index contributed by atoms with van der Waals surface area (Å²) < 4.78 is 10.7. The van der Waals surface area contributed by atoms with Crippen molar-refractivity contribution >= 4 is 17.6 Å². The lowest BCUT2D eigenvalue weighted by atomic mass is 10.0. The second-order valence-corrected chi connectivity index (χ2v) is 6.05. The Morgan fingerprint density at radius 3 is 2.84 bits per heavy atom. The minimum atomic E-state index is -0.617. The Bertz CT molecular complexity index is 817. The van der Waals surface area contributed by atoms with Crippen LogP contribution in [-0.2, 0) is 9.47 Å². The second-order valence-electron chi connectivity index (χ2n) is 6.05. The van der Waals surface area contributed by atoms with Gasteiger partial charge in [-0.05, 0) is 38.0 Å². The second kappa shape index (κ2) is 6.84. The van der Waals surface area contributed by atoms with Crippen molar-refractivity contribution in [1.82, 2.24) is 0 Å². The molecule has 6 heteroatoms. The number of phenols is 1. The molecule has 130 valence electrons. The van der Waals surface area contributed by atoms with Gasteiger partial charge in [-0.3, -0.25) is 0 Å². The SMILES string of the molecule is CC(CCC1OC(=O)c2ccccc21)OC(=O)c1ccc(N)cc1O. The maximum atomic E-state index is 12.1. The number of cyclic esters (lactones) is 1. The van der Waals surface area contributed by atoms with E-state index in [1.54, 1.807) is 19.1 Å². The number of ether oxygens (including phenoxy) is 2. The lowest BCUT2D eigenvalue weighted by Gasteiger charge is -2.16. The van der Waals surface area contributed by atoms with Crippen molar-refractivity contribution in [3.63, 3.8) is 0 Å². The van der Waals surface area contributed by atoms with Crippen LogP contribution < -0.4 is 5.73 Å². The van der Waals surface area contributed by atoms with Crippen molar-refractivity contribution in [3.05, 3.63) is 59.2 Å². The molecule has 0 saturated carbocycles. The van der Waals surface area contributed by atoms with Crippen LogP contribution in [-0.4, -0.2) is 23.1 Å². The van der Waals surface area contributed by atoms with Gasteiger partial charge in [0.25, 0.3) is 0 Å².